The fourth-order valence-corrected chi connectivity index (χ4v) is 3.10. The number of aromatic hydroxyl groups is 1. The van der Waals surface area contributed by atoms with Gasteiger partial charge in [-0.05, 0) is 36.5 Å². The number of aryl methyl sites for hydroxylation is 1. The van der Waals surface area contributed by atoms with Crippen molar-refractivity contribution in [3.63, 3.8) is 0 Å². The van der Waals surface area contributed by atoms with E-state index >= 15 is 0 Å². The second kappa shape index (κ2) is 10.3. The van der Waals surface area contributed by atoms with Gasteiger partial charge in [-0.15, -0.1) is 0 Å². The van der Waals surface area contributed by atoms with Gasteiger partial charge in [-0.3, -0.25) is 0 Å². The van der Waals surface area contributed by atoms with Gasteiger partial charge >= 0.3 is 0 Å². The first-order chi connectivity index (χ1) is 10.0. The molecule has 0 radical (unpaired) electrons. The lowest BCUT2D eigenvalue weighted by molar-refractivity contribution is 0.466. The van der Waals surface area contributed by atoms with Crippen molar-refractivity contribution in [2.24, 2.45) is 5.92 Å². The molecule has 0 fully saturated rings. The van der Waals surface area contributed by atoms with E-state index in [9.17, 15) is 5.11 Å². The molecule has 0 aromatic heterocycles. The molecule has 0 heterocycles. The molecule has 0 atom stereocenters. The highest BCUT2D eigenvalue weighted by Gasteiger charge is 2.07. The molecule has 0 spiro atoms. The molecular formula is C18H28Cl2O. The van der Waals surface area contributed by atoms with Gasteiger partial charge in [-0.2, -0.15) is 0 Å². The fraction of sp³-hybridized carbons (Fsp3) is 0.667. The van der Waals surface area contributed by atoms with Crippen LogP contribution in [0.25, 0.3) is 0 Å². The maximum atomic E-state index is 9.88. The summed E-state index contributed by atoms with van der Waals surface area (Å²) in [6.45, 7) is 4.58. The molecule has 1 aromatic rings. The molecule has 0 aliphatic rings. The van der Waals surface area contributed by atoms with E-state index in [4.69, 9.17) is 23.2 Å². The molecule has 1 aromatic carbocycles. The van der Waals surface area contributed by atoms with Gasteiger partial charge in [-0.1, -0.05) is 82.0 Å². The monoisotopic (exact) mass is 330 g/mol. The largest absolute Gasteiger partial charge is 0.506 e. The Kier molecular flexibility index (Phi) is 9.19. The summed E-state index contributed by atoms with van der Waals surface area (Å²) >= 11 is 11.9. The van der Waals surface area contributed by atoms with Crippen molar-refractivity contribution in [2.45, 2.75) is 71.6 Å². The number of hydrogen-bond acceptors (Lipinski definition) is 1. The molecule has 3 heteroatoms. The van der Waals surface area contributed by atoms with E-state index in [0.717, 1.165) is 24.3 Å². The van der Waals surface area contributed by atoms with Crippen molar-refractivity contribution >= 4 is 23.2 Å². The third-order valence-electron chi connectivity index (χ3n) is 3.83. The van der Waals surface area contributed by atoms with E-state index in [0.29, 0.717) is 10.0 Å². The number of halogens is 2. The van der Waals surface area contributed by atoms with Gasteiger partial charge in [0.2, 0.25) is 0 Å². The van der Waals surface area contributed by atoms with E-state index in [1.54, 1.807) is 6.07 Å². The summed E-state index contributed by atoms with van der Waals surface area (Å²) in [6.07, 6.45) is 11.2. The Morgan fingerprint density at radius 2 is 1.48 bits per heavy atom. The zero-order chi connectivity index (χ0) is 15.7. The number of hydrogen-bond donors (Lipinski definition) is 1. The second-order valence-electron chi connectivity index (χ2n) is 6.30. The van der Waals surface area contributed by atoms with Crippen LogP contribution in [0.5, 0.6) is 5.75 Å². The van der Waals surface area contributed by atoms with Gasteiger partial charge in [0, 0.05) is 5.02 Å². The smallest absolute Gasteiger partial charge is 0.137 e. The third kappa shape index (κ3) is 7.97. The lowest BCUT2D eigenvalue weighted by Gasteiger charge is -2.07. The standard InChI is InChI=1S/C18H28Cl2O/c1-14(2)10-8-6-4-3-5-7-9-11-15-12-16(19)13-17(20)18(15)21/h12-14,21H,3-11H2,1-2H3. The highest BCUT2D eigenvalue weighted by atomic mass is 35.5. The van der Waals surface area contributed by atoms with Crippen molar-refractivity contribution in [1.82, 2.24) is 0 Å². The summed E-state index contributed by atoms with van der Waals surface area (Å²) in [6, 6.07) is 3.40. The van der Waals surface area contributed by atoms with Crippen LogP contribution in [0, 0.1) is 5.92 Å². The van der Waals surface area contributed by atoms with Crippen LogP contribution in [0.15, 0.2) is 12.1 Å². The van der Waals surface area contributed by atoms with Crippen molar-refractivity contribution < 1.29 is 5.11 Å². The summed E-state index contributed by atoms with van der Waals surface area (Å²) in [5.41, 5.74) is 0.865. The number of rotatable bonds is 10. The molecule has 0 aliphatic carbocycles. The van der Waals surface area contributed by atoms with E-state index in [1.807, 2.05) is 6.07 Å². The minimum atomic E-state index is 0.190. The zero-order valence-electron chi connectivity index (χ0n) is 13.3. The van der Waals surface area contributed by atoms with Gasteiger partial charge in [0.15, 0.2) is 0 Å². The predicted molar refractivity (Wildman–Crippen MR) is 93.6 cm³/mol. The minimum absolute atomic E-state index is 0.190. The Hall–Kier alpha value is -0.400. The van der Waals surface area contributed by atoms with Crippen molar-refractivity contribution in [3.8, 4) is 5.75 Å². The summed E-state index contributed by atoms with van der Waals surface area (Å²) in [5, 5.41) is 10.8. The average molecular weight is 331 g/mol. The van der Waals surface area contributed by atoms with E-state index in [-0.39, 0.29) is 5.75 Å². The molecular weight excluding hydrogens is 303 g/mol. The molecule has 0 amide bonds. The van der Waals surface area contributed by atoms with Crippen LogP contribution in [-0.4, -0.2) is 5.11 Å². The van der Waals surface area contributed by atoms with Crippen molar-refractivity contribution in [2.75, 3.05) is 0 Å². The third-order valence-corrected chi connectivity index (χ3v) is 4.34. The van der Waals surface area contributed by atoms with Gasteiger partial charge in [-0.25, -0.2) is 0 Å². The molecule has 120 valence electrons. The first-order valence-electron chi connectivity index (χ1n) is 8.17. The molecule has 0 aliphatic heterocycles. The molecule has 0 bridgehead atoms. The Balaban J connectivity index is 2.09. The van der Waals surface area contributed by atoms with Crippen LogP contribution in [0.4, 0.5) is 0 Å². The molecule has 0 saturated carbocycles. The van der Waals surface area contributed by atoms with Crippen LogP contribution >= 0.6 is 23.2 Å². The Labute approximate surface area is 139 Å². The maximum Gasteiger partial charge on any atom is 0.137 e. The second-order valence-corrected chi connectivity index (χ2v) is 7.15. The first kappa shape index (κ1) is 18.6. The number of benzene rings is 1. The molecule has 0 unspecified atom stereocenters. The van der Waals surface area contributed by atoms with Gasteiger partial charge in [0.25, 0.3) is 0 Å². The van der Waals surface area contributed by atoms with Crippen LogP contribution in [-0.2, 0) is 6.42 Å². The van der Waals surface area contributed by atoms with E-state index < -0.39 is 0 Å². The lowest BCUT2D eigenvalue weighted by Crippen LogP contribution is -1.89. The number of phenols is 1. The highest BCUT2D eigenvalue weighted by Crippen LogP contribution is 2.32. The molecule has 1 nitrogen and oxygen atoms in total. The van der Waals surface area contributed by atoms with Gasteiger partial charge in [0.1, 0.15) is 5.75 Å². The average Bonchev–Trinajstić information content (AvgIpc) is 2.41. The summed E-state index contributed by atoms with van der Waals surface area (Å²) in [7, 11) is 0. The first-order valence-corrected chi connectivity index (χ1v) is 8.93. The number of unbranched alkanes of at least 4 members (excludes halogenated alkanes) is 6. The Morgan fingerprint density at radius 1 is 0.905 bits per heavy atom. The van der Waals surface area contributed by atoms with E-state index in [1.165, 1.54) is 44.9 Å². The fourth-order valence-electron chi connectivity index (χ4n) is 2.56. The highest BCUT2D eigenvalue weighted by molar-refractivity contribution is 6.35. The molecule has 0 saturated heterocycles. The summed E-state index contributed by atoms with van der Waals surface area (Å²) in [5.74, 6) is 1.02. The van der Waals surface area contributed by atoms with Crippen molar-refractivity contribution in [1.29, 1.82) is 0 Å². The van der Waals surface area contributed by atoms with Gasteiger partial charge in [0.05, 0.1) is 5.02 Å². The maximum absolute atomic E-state index is 9.88. The van der Waals surface area contributed by atoms with E-state index in [2.05, 4.69) is 13.8 Å². The SMILES string of the molecule is CC(C)CCCCCCCCCc1cc(Cl)cc(Cl)c1O. The van der Waals surface area contributed by atoms with Crippen LogP contribution in [0.3, 0.4) is 0 Å². The van der Waals surface area contributed by atoms with Crippen LogP contribution in [0.2, 0.25) is 10.0 Å². The van der Waals surface area contributed by atoms with Crippen molar-refractivity contribution in [3.05, 3.63) is 27.7 Å². The van der Waals surface area contributed by atoms with Crippen LogP contribution in [0.1, 0.15) is 70.8 Å². The molecule has 21 heavy (non-hydrogen) atoms. The Bertz CT molecular complexity index is 416. The van der Waals surface area contributed by atoms with Gasteiger partial charge < -0.3 is 5.11 Å². The lowest BCUT2D eigenvalue weighted by atomic mass is 10.0. The molecule has 1 N–H and O–H groups in total. The summed E-state index contributed by atoms with van der Waals surface area (Å²) in [4.78, 5) is 0. The Morgan fingerprint density at radius 3 is 2.10 bits per heavy atom. The minimum Gasteiger partial charge on any atom is -0.506 e. The zero-order valence-corrected chi connectivity index (χ0v) is 14.8. The quantitative estimate of drug-likeness (QED) is 0.457. The molecule has 1 rings (SSSR count). The number of phenolic OH excluding ortho intramolecular Hbond substituents is 1. The topological polar surface area (TPSA) is 20.2 Å². The summed E-state index contributed by atoms with van der Waals surface area (Å²) < 4.78 is 0. The predicted octanol–water partition coefficient (Wildman–Crippen LogP) is 7.02. The van der Waals surface area contributed by atoms with Crippen LogP contribution < -0.4 is 0 Å². The normalized spacial score (nSPS) is 11.3.